The van der Waals surface area contributed by atoms with Crippen molar-refractivity contribution in [1.29, 1.82) is 5.26 Å². The fraction of sp³-hybridized carbons (Fsp3) is 0.111. The van der Waals surface area contributed by atoms with Crippen molar-refractivity contribution in [3.8, 4) is 23.6 Å². The van der Waals surface area contributed by atoms with Gasteiger partial charge in [-0.3, -0.25) is 0 Å². The highest BCUT2D eigenvalue weighted by atomic mass is 32.1. The summed E-state index contributed by atoms with van der Waals surface area (Å²) in [5, 5.41) is 10.3. The molecule has 4 nitrogen and oxygen atoms in total. The highest BCUT2D eigenvalue weighted by Crippen LogP contribution is 2.37. The molecular weight excluding hydrogens is 365 g/mol. The second kappa shape index (κ2) is 7.45. The van der Waals surface area contributed by atoms with Crippen molar-refractivity contribution in [2.75, 3.05) is 0 Å². The van der Waals surface area contributed by atoms with E-state index in [0.717, 1.165) is 11.6 Å². The SMILES string of the molecule is N#Cc1cc(OCc2ccccc2)nc(Oc2csc(C(F)(F)F)c2)c1. The van der Waals surface area contributed by atoms with Crippen LogP contribution >= 0.6 is 11.3 Å². The summed E-state index contributed by atoms with van der Waals surface area (Å²) in [7, 11) is 0. The Balaban J connectivity index is 1.77. The number of rotatable bonds is 5. The van der Waals surface area contributed by atoms with E-state index < -0.39 is 11.1 Å². The lowest BCUT2D eigenvalue weighted by atomic mass is 10.2. The lowest BCUT2D eigenvalue weighted by Crippen LogP contribution is -2.01. The van der Waals surface area contributed by atoms with Crippen molar-refractivity contribution >= 4 is 11.3 Å². The smallest absolute Gasteiger partial charge is 0.425 e. The largest absolute Gasteiger partial charge is 0.473 e. The Morgan fingerprint density at radius 1 is 1.08 bits per heavy atom. The third kappa shape index (κ3) is 4.52. The van der Waals surface area contributed by atoms with Gasteiger partial charge in [0.25, 0.3) is 0 Å². The average Bonchev–Trinajstić information content (AvgIpc) is 3.09. The van der Waals surface area contributed by atoms with Gasteiger partial charge in [0.15, 0.2) is 0 Å². The van der Waals surface area contributed by atoms with Crippen LogP contribution in [0.1, 0.15) is 16.0 Å². The zero-order valence-electron chi connectivity index (χ0n) is 13.2. The molecule has 1 aromatic carbocycles. The second-order valence-corrected chi connectivity index (χ2v) is 6.08. The van der Waals surface area contributed by atoms with Gasteiger partial charge in [-0.25, -0.2) is 0 Å². The van der Waals surface area contributed by atoms with Crippen molar-refractivity contribution in [3.05, 3.63) is 69.9 Å². The van der Waals surface area contributed by atoms with Gasteiger partial charge < -0.3 is 9.47 Å². The monoisotopic (exact) mass is 376 g/mol. The lowest BCUT2D eigenvalue weighted by Gasteiger charge is -2.08. The number of hydrogen-bond donors (Lipinski definition) is 0. The molecule has 0 aliphatic rings. The van der Waals surface area contributed by atoms with Crippen LogP contribution in [0.5, 0.6) is 17.5 Å². The van der Waals surface area contributed by atoms with Crippen molar-refractivity contribution in [2.24, 2.45) is 0 Å². The van der Waals surface area contributed by atoms with Gasteiger partial charge in [0.05, 0.1) is 11.6 Å². The second-order valence-electron chi connectivity index (χ2n) is 5.16. The normalized spacial score (nSPS) is 11.0. The molecule has 0 saturated heterocycles. The molecule has 0 unspecified atom stereocenters. The Labute approximate surface area is 151 Å². The maximum atomic E-state index is 12.7. The lowest BCUT2D eigenvalue weighted by molar-refractivity contribution is -0.134. The number of ether oxygens (including phenoxy) is 2. The predicted octanol–water partition coefficient (Wildman–Crippen LogP) is 5.40. The van der Waals surface area contributed by atoms with E-state index in [1.54, 1.807) is 0 Å². The minimum absolute atomic E-state index is 0.000996. The summed E-state index contributed by atoms with van der Waals surface area (Å²) < 4.78 is 48.9. The molecule has 132 valence electrons. The highest BCUT2D eigenvalue weighted by Gasteiger charge is 2.32. The Morgan fingerprint density at radius 2 is 1.81 bits per heavy atom. The maximum Gasteiger partial charge on any atom is 0.425 e. The molecule has 0 amide bonds. The molecule has 3 rings (SSSR count). The van der Waals surface area contributed by atoms with E-state index >= 15 is 0 Å². The topological polar surface area (TPSA) is 55.1 Å². The van der Waals surface area contributed by atoms with Crippen LogP contribution in [0.2, 0.25) is 0 Å². The molecule has 0 fully saturated rings. The summed E-state index contributed by atoms with van der Waals surface area (Å²) in [6.45, 7) is 0.235. The molecular formula is C18H11F3N2O2S. The minimum atomic E-state index is -4.43. The van der Waals surface area contributed by atoms with Crippen LogP contribution in [0.25, 0.3) is 0 Å². The number of pyridine rings is 1. The molecule has 0 aliphatic heterocycles. The minimum Gasteiger partial charge on any atom is -0.473 e. The first-order valence-corrected chi connectivity index (χ1v) is 8.24. The third-order valence-corrected chi connectivity index (χ3v) is 4.17. The summed E-state index contributed by atoms with van der Waals surface area (Å²) >= 11 is 0.523. The van der Waals surface area contributed by atoms with Crippen molar-refractivity contribution in [1.82, 2.24) is 4.98 Å². The maximum absolute atomic E-state index is 12.7. The van der Waals surface area contributed by atoms with E-state index in [-0.39, 0.29) is 29.7 Å². The zero-order valence-corrected chi connectivity index (χ0v) is 14.0. The Hall–Kier alpha value is -3.05. The van der Waals surface area contributed by atoms with Gasteiger partial charge in [-0.2, -0.15) is 23.4 Å². The molecule has 3 aromatic rings. The zero-order chi connectivity index (χ0) is 18.6. The van der Waals surface area contributed by atoms with E-state index in [1.165, 1.54) is 17.5 Å². The number of nitrogens with zero attached hydrogens (tertiary/aromatic N) is 2. The van der Waals surface area contributed by atoms with Crippen LogP contribution in [-0.4, -0.2) is 4.98 Å². The fourth-order valence-electron chi connectivity index (χ4n) is 2.04. The van der Waals surface area contributed by atoms with Gasteiger partial charge in [0.1, 0.15) is 17.2 Å². The third-order valence-electron chi connectivity index (χ3n) is 3.21. The van der Waals surface area contributed by atoms with Gasteiger partial charge in [0.2, 0.25) is 11.8 Å². The number of benzene rings is 1. The van der Waals surface area contributed by atoms with Gasteiger partial charge in [-0.15, -0.1) is 11.3 Å². The first-order chi connectivity index (χ1) is 12.4. The van der Waals surface area contributed by atoms with E-state index in [9.17, 15) is 13.2 Å². The van der Waals surface area contributed by atoms with Crippen LogP contribution in [-0.2, 0) is 12.8 Å². The van der Waals surface area contributed by atoms with Crippen LogP contribution in [0.4, 0.5) is 13.2 Å². The summed E-state index contributed by atoms with van der Waals surface area (Å²) in [6, 6.07) is 14.9. The number of alkyl halides is 3. The van der Waals surface area contributed by atoms with Crippen molar-refractivity contribution < 1.29 is 22.6 Å². The van der Waals surface area contributed by atoms with Gasteiger partial charge in [0, 0.05) is 23.6 Å². The van der Waals surface area contributed by atoms with Crippen molar-refractivity contribution in [2.45, 2.75) is 12.8 Å². The predicted molar refractivity (Wildman–Crippen MR) is 89.1 cm³/mol. The van der Waals surface area contributed by atoms with E-state index in [4.69, 9.17) is 14.7 Å². The molecule has 0 atom stereocenters. The van der Waals surface area contributed by atoms with Crippen LogP contribution in [0.3, 0.4) is 0 Å². The van der Waals surface area contributed by atoms with E-state index in [2.05, 4.69) is 4.98 Å². The van der Waals surface area contributed by atoms with Gasteiger partial charge >= 0.3 is 6.18 Å². The molecule has 8 heteroatoms. The Kier molecular flexibility index (Phi) is 5.09. The van der Waals surface area contributed by atoms with Crippen LogP contribution < -0.4 is 9.47 Å². The molecule has 0 spiro atoms. The molecule has 0 aliphatic carbocycles. The molecule has 2 aromatic heterocycles. The number of aromatic nitrogens is 1. The molecule has 2 heterocycles. The van der Waals surface area contributed by atoms with Gasteiger partial charge in [-0.05, 0) is 5.56 Å². The summed E-state index contributed by atoms with van der Waals surface area (Å²) in [5.74, 6) is 0.131. The van der Waals surface area contributed by atoms with Crippen molar-refractivity contribution in [3.63, 3.8) is 0 Å². The average molecular weight is 376 g/mol. The van der Waals surface area contributed by atoms with E-state index in [0.29, 0.717) is 11.3 Å². The Morgan fingerprint density at radius 3 is 2.46 bits per heavy atom. The van der Waals surface area contributed by atoms with Crippen LogP contribution in [0.15, 0.2) is 53.9 Å². The molecule has 0 saturated carbocycles. The number of nitriles is 1. The molecule has 26 heavy (non-hydrogen) atoms. The van der Waals surface area contributed by atoms with Crippen LogP contribution in [0, 0.1) is 11.3 Å². The number of thiophene rings is 1. The first-order valence-electron chi connectivity index (χ1n) is 7.36. The summed E-state index contributed by atoms with van der Waals surface area (Å²) in [6.07, 6.45) is -4.43. The van der Waals surface area contributed by atoms with Gasteiger partial charge in [-0.1, -0.05) is 30.3 Å². The quantitative estimate of drug-likeness (QED) is 0.598. The molecule has 0 radical (unpaired) electrons. The van der Waals surface area contributed by atoms with E-state index in [1.807, 2.05) is 36.4 Å². The number of halogens is 3. The number of hydrogen-bond acceptors (Lipinski definition) is 5. The fourth-order valence-corrected chi connectivity index (χ4v) is 2.72. The summed E-state index contributed by atoms with van der Waals surface area (Å²) in [4.78, 5) is 3.32. The molecule has 0 bridgehead atoms. The highest BCUT2D eigenvalue weighted by molar-refractivity contribution is 7.10. The standard InChI is InChI=1S/C18H11F3N2O2S/c19-18(20,21)15-8-14(11-26-15)25-17-7-13(9-22)6-16(23-17)24-10-12-4-2-1-3-5-12/h1-8,11H,10H2. The summed E-state index contributed by atoms with van der Waals surface area (Å²) in [5.41, 5.74) is 1.14. The Bertz CT molecular complexity index is 934. The molecule has 0 N–H and O–H groups in total. The first kappa shape index (κ1) is 17.8.